The van der Waals surface area contributed by atoms with E-state index in [-0.39, 0.29) is 11.6 Å². The largest absolute Gasteiger partial charge is 0.419 e. The van der Waals surface area contributed by atoms with Crippen molar-refractivity contribution in [3.05, 3.63) is 35.1 Å². The highest BCUT2D eigenvalue weighted by molar-refractivity contribution is 5.94. The molecule has 130 valence electrons. The lowest BCUT2D eigenvalue weighted by molar-refractivity contribution is -0.140. The lowest BCUT2D eigenvalue weighted by atomic mass is 9.86. The van der Waals surface area contributed by atoms with E-state index in [9.17, 15) is 22.4 Å². The molecule has 1 N–H and O–H groups in total. The van der Waals surface area contributed by atoms with Gasteiger partial charge in [-0.1, -0.05) is 33.6 Å². The molecule has 1 saturated carbocycles. The van der Waals surface area contributed by atoms with Gasteiger partial charge in [-0.25, -0.2) is 4.39 Å². The van der Waals surface area contributed by atoms with Crippen molar-refractivity contribution >= 4 is 5.91 Å². The van der Waals surface area contributed by atoms with Crippen LogP contribution in [0.2, 0.25) is 0 Å². The number of carbonyl (C=O) groups excluding carboxylic acids is 1. The summed E-state index contributed by atoms with van der Waals surface area (Å²) in [7, 11) is 0. The number of nitrogens with one attached hydrogen (secondary N) is 1. The zero-order chi connectivity index (χ0) is 17.6. The van der Waals surface area contributed by atoms with Crippen LogP contribution in [0.15, 0.2) is 18.2 Å². The molecule has 1 aliphatic carbocycles. The Morgan fingerprint density at radius 1 is 1.17 bits per heavy atom. The lowest BCUT2D eigenvalue weighted by Crippen LogP contribution is -2.41. The third kappa shape index (κ3) is 5.22. The summed E-state index contributed by atoms with van der Waals surface area (Å²) >= 11 is 0. The first-order chi connectivity index (χ1) is 10.8. The first kappa shape index (κ1) is 19.5. The minimum Gasteiger partial charge on any atom is -0.349 e. The molecule has 1 amide bonds. The molecule has 2 rings (SSSR count). The molecule has 1 fully saturated rings. The number of hydrogen-bond acceptors (Lipinski definition) is 1. The standard InChI is InChI=1S/C15H17F4NO.C2H6/c1-9-4-2-3-5-13(9)20-14(21)10-6-7-12(16)11(8-10)15(17,18)19;1-2/h6-9,13H,2-5H2,1H3,(H,20,21);1-2H3. The van der Waals surface area contributed by atoms with Crippen LogP contribution in [0.3, 0.4) is 0 Å². The van der Waals surface area contributed by atoms with Crippen molar-refractivity contribution in [1.29, 1.82) is 0 Å². The van der Waals surface area contributed by atoms with Gasteiger partial charge in [-0.3, -0.25) is 4.79 Å². The van der Waals surface area contributed by atoms with Gasteiger partial charge >= 0.3 is 6.18 Å². The Bertz CT molecular complexity index is 528. The SMILES string of the molecule is CC.CC1CCCCC1NC(=O)c1ccc(F)c(C(F)(F)F)c1. The molecule has 0 aliphatic heterocycles. The summed E-state index contributed by atoms with van der Waals surface area (Å²) in [5.74, 6) is -1.66. The van der Waals surface area contributed by atoms with Gasteiger partial charge in [-0.05, 0) is 37.0 Å². The van der Waals surface area contributed by atoms with Gasteiger partial charge in [0.05, 0.1) is 5.56 Å². The summed E-state index contributed by atoms with van der Waals surface area (Å²) in [6.07, 6.45) is -0.907. The van der Waals surface area contributed by atoms with Crippen molar-refractivity contribution in [2.24, 2.45) is 5.92 Å². The van der Waals surface area contributed by atoms with E-state index in [1.54, 1.807) is 0 Å². The second kappa shape index (κ2) is 8.31. The fraction of sp³-hybridized carbons (Fsp3) is 0.588. The van der Waals surface area contributed by atoms with Gasteiger partial charge < -0.3 is 5.32 Å². The van der Waals surface area contributed by atoms with E-state index in [4.69, 9.17) is 0 Å². The number of alkyl halides is 3. The number of hydrogen-bond donors (Lipinski definition) is 1. The molecule has 0 bridgehead atoms. The Hall–Kier alpha value is -1.59. The van der Waals surface area contributed by atoms with E-state index in [1.165, 1.54) is 0 Å². The maximum Gasteiger partial charge on any atom is 0.419 e. The van der Waals surface area contributed by atoms with Gasteiger partial charge in [0.1, 0.15) is 5.82 Å². The number of benzene rings is 1. The lowest BCUT2D eigenvalue weighted by Gasteiger charge is -2.29. The van der Waals surface area contributed by atoms with E-state index in [0.717, 1.165) is 31.7 Å². The molecular formula is C17H23F4NO. The minimum atomic E-state index is -4.81. The van der Waals surface area contributed by atoms with Crippen molar-refractivity contribution in [1.82, 2.24) is 5.32 Å². The second-order valence-electron chi connectivity index (χ2n) is 5.53. The van der Waals surface area contributed by atoms with E-state index < -0.39 is 23.5 Å². The van der Waals surface area contributed by atoms with E-state index in [0.29, 0.717) is 18.1 Å². The van der Waals surface area contributed by atoms with Crippen LogP contribution in [-0.4, -0.2) is 11.9 Å². The van der Waals surface area contributed by atoms with Crippen molar-refractivity contribution in [2.45, 2.75) is 58.7 Å². The van der Waals surface area contributed by atoms with Crippen LogP contribution < -0.4 is 5.32 Å². The Kier molecular flexibility index (Phi) is 7.03. The number of amides is 1. The molecule has 1 aliphatic rings. The van der Waals surface area contributed by atoms with E-state index in [2.05, 4.69) is 5.32 Å². The molecule has 2 nitrogen and oxygen atoms in total. The number of rotatable bonds is 2. The van der Waals surface area contributed by atoms with E-state index >= 15 is 0 Å². The van der Waals surface area contributed by atoms with Crippen LogP contribution in [0.5, 0.6) is 0 Å². The molecule has 0 radical (unpaired) electrons. The van der Waals surface area contributed by atoms with Crippen molar-refractivity contribution in [3.63, 3.8) is 0 Å². The predicted octanol–water partition coefficient (Wildman–Crippen LogP) is 5.18. The fourth-order valence-electron chi connectivity index (χ4n) is 2.67. The summed E-state index contributed by atoms with van der Waals surface area (Å²) in [6.45, 7) is 6.01. The zero-order valence-corrected chi connectivity index (χ0v) is 13.6. The smallest absolute Gasteiger partial charge is 0.349 e. The molecule has 0 aromatic heterocycles. The van der Waals surface area contributed by atoms with Gasteiger partial charge in [-0.2, -0.15) is 13.2 Å². The summed E-state index contributed by atoms with van der Waals surface area (Å²) in [4.78, 5) is 12.0. The average molecular weight is 333 g/mol. The first-order valence-corrected chi connectivity index (χ1v) is 7.96. The zero-order valence-electron chi connectivity index (χ0n) is 13.6. The van der Waals surface area contributed by atoms with Crippen LogP contribution >= 0.6 is 0 Å². The monoisotopic (exact) mass is 333 g/mol. The van der Waals surface area contributed by atoms with Crippen molar-refractivity contribution in [3.8, 4) is 0 Å². The molecule has 0 saturated heterocycles. The molecule has 2 atom stereocenters. The molecular weight excluding hydrogens is 310 g/mol. The molecule has 23 heavy (non-hydrogen) atoms. The van der Waals surface area contributed by atoms with Gasteiger partial charge in [0.25, 0.3) is 5.91 Å². The molecule has 6 heteroatoms. The normalized spacial score (nSPS) is 21.2. The predicted molar refractivity (Wildman–Crippen MR) is 81.6 cm³/mol. The summed E-state index contributed by atoms with van der Waals surface area (Å²) in [5.41, 5.74) is -1.58. The average Bonchev–Trinajstić information content (AvgIpc) is 2.51. The molecule has 1 aromatic rings. The highest BCUT2D eigenvalue weighted by Gasteiger charge is 2.35. The maximum atomic E-state index is 13.2. The van der Waals surface area contributed by atoms with Crippen LogP contribution in [0, 0.1) is 11.7 Å². The van der Waals surface area contributed by atoms with Crippen molar-refractivity contribution < 1.29 is 22.4 Å². The molecule has 1 aromatic carbocycles. The Morgan fingerprint density at radius 3 is 2.35 bits per heavy atom. The topological polar surface area (TPSA) is 29.1 Å². The number of carbonyl (C=O) groups is 1. The molecule has 0 spiro atoms. The van der Waals surface area contributed by atoms with Crippen LogP contribution in [0.4, 0.5) is 17.6 Å². The Balaban J connectivity index is 0.00000127. The third-order valence-corrected chi connectivity index (χ3v) is 3.96. The van der Waals surface area contributed by atoms with Crippen molar-refractivity contribution in [2.75, 3.05) is 0 Å². The maximum absolute atomic E-state index is 13.2. The number of halogens is 4. The highest BCUT2D eigenvalue weighted by Crippen LogP contribution is 2.32. The van der Waals surface area contributed by atoms with Crippen LogP contribution in [0.1, 0.15) is 62.4 Å². The summed E-state index contributed by atoms with van der Waals surface area (Å²) < 4.78 is 51.1. The molecule has 2 unspecified atom stereocenters. The van der Waals surface area contributed by atoms with Gasteiger partial charge in [0, 0.05) is 11.6 Å². The second-order valence-corrected chi connectivity index (χ2v) is 5.53. The molecule has 0 heterocycles. The van der Waals surface area contributed by atoms with Crippen LogP contribution in [0.25, 0.3) is 0 Å². The minimum absolute atomic E-state index is 0.0364. The highest BCUT2D eigenvalue weighted by atomic mass is 19.4. The third-order valence-electron chi connectivity index (χ3n) is 3.96. The van der Waals surface area contributed by atoms with E-state index in [1.807, 2.05) is 20.8 Å². The first-order valence-electron chi connectivity index (χ1n) is 7.96. The van der Waals surface area contributed by atoms with Gasteiger partial charge in [-0.15, -0.1) is 0 Å². The van der Waals surface area contributed by atoms with Gasteiger partial charge in [0.2, 0.25) is 0 Å². The van der Waals surface area contributed by atoms with Gasteiger partial charge in [0.15, 0.2) is 0 Å². The Labute approximate surface area is 134 Å². The Morgan fingerprint density at radius 2 is 1.78 bits per heavy atom. The summed E-state index contributed by atoms with van der Waals surface area (Å²) in [5, 5.41) is 2.75. The van der Waals surface area contributed by atoms with Crippen LogP contribution in [-0.2, 0) is 6.18 Å². The summed E-state index contributed by atoms with van der Waals surface area (Å²) in [6, 6.07) is 2.29. The quantitative estimate of drug-likeness (QED) is 0.743. The fourth-order valence-corrected chi connectivity index (χ4v) is 2.67.